The molecule has 11 nitrogen and oxygen atoms in total. The highest BCUT2D eigenvalue weighted by Crippen LogP contribution is 2.32. The van der Waals surface area contributed by atoms with Crippen LogP contribution in [0.2, 0.25) is 0 Å². The lowest BCUT2D eigenvalue weighted by atomic mass is 10.2. The van der Waals surface area contributed by atoms with E-state index < -0.39 is 6.09 Å². The number of unbranched alkanes of at least 4 members (excludes halogenated alkanes) is 1. The number of fused-ring (bicyclic) bond motifs is 2. The summed E-state index contributed by atoms with van der Waals surface area (Å²) in [6, 6.07) is 5.56. The van der Waals surface area contributed by atoms with Crippen LogP contribution in [0, 0.1) is 0 Å². The van der Waals surface area contributed by atoms with E-state index in [2.05, 4.69) is 30.9 Å². The molecule has 0 spiro atoms. The Labute approximate surface area is 179 Å². The SMILES string of the molecule is CNc1nc(NC)c2ncn(CCCCOC(=O)NCc3ccc4c(c3)OCO4)c2n1. The van der Waals surface area contributed by atoms with Crippen LogP contribution in [-0.4, -0.2) is 53.1 Å². The van der Waals surface area contributed by atoms with E-state index in [1.807, 2.05) is 22.8 Å². The van der Waals surface area contributed by atoms with Gasteiger partial charge >= 0.3 is 6.09 Å². The van der Waals surface area contributed by atoms with E-state index in [-0.39, 0.29) is 6.79 Å². The third-order valence-corrected chi connectivity index (χ3v) is 4.82. The van der Waals surface area contributed by atoms with Gasteiger partial charge in [-0.25, -0.2) is 9.78 Å². The number of rotatable bonds is 9. The third kappa shape index (κ3) is 4.71. The zero-order valence-electron chi connectivity index (χ0n) is 17.5. The molecule has 0 fully saturated rings. The molecule has 31 heavy (non-hydrogen) atoms. The normalized spacial score (nSPS) is 12.1. The molecule has 1 aliphatic heterocycles. The number of nitrogens with one attached hydrogen (secondary N) is 3. The van der Waals surface area contributed by atoms with E-state index >= 15 is 0 Å². The van der Waals surface area contributed by atoms with Gasteiger partial charge in [-0.3, -0.25) is 0 Å². The molecular weight excluding hydrogens is 402 g/mol. The molecule has 0 atom stereocenters. The second kappa shape index (κ2) is 9.37. The van der Waals surface area contributed by atoms with E-state index in [1.165, 1.54) is 0 Å². The number of aryl methyl sites for hydroxylation is 1. The maximum Gasteiger partial charge on any atom is 0.407 e. The minimum absolute atomic E-state index is 0.226. The number of hydrogen-bond acceptors (Lipinski definition) is 9. The number of hydrogen-bond donors (Lipinski definition) is 3. The minimum atomic E-state index is -0.448. The Morgan fingerprint density at radius 3 is 2.87 bits per heavy atom. The van der Waals surface area contributed by atoms with Gasteiger partial charge in [-0.1, -0.05) is 6.07 Å². The molecule has 1 aromatic carbocycles. The maximum absolute atomic E-state index is 11.9. The number of imidazole rings is 1. The molecule has 3 heterocycles. The monoisotopic (exact) mass is 427 g/mol. The molecule has 0 radical (unpaired) electrons. The van der Waals surface area contributed by atoms with Crippen LogP contribution < -0.4 is 25.4 Å². The summed E-state index contributed by atoms with van der Waals surface area (Å²) in [5.41, 5.74) is 2.39. The highest BCUT2D eigenvalue weighted by molar-refractivity contribution is 5.84. The average Bonchev–Trinajstić information content (AvgIpc) is 3.43. The molecule has 1 amide bonds. The first kappa shape index (κ1) is 20.5. The summed E-state index contributed by atoms with van der Waals surface area (Å²) in [6.45, 7) is 1.63. The molecule has 2 aromatic heterocycles. The summed E-state index contributed by atoms with van der Waals surface area (Å²) in [7, 11) is 3.57. The fraction of sp³-hybridized carbons (Fsp3) is 0.400. The van der Waals surface area contributed by atoms with Crippen LogP contribution in [-0.2, 0) is 17.8 Å². The third-order valence-electron chi connectivity index (χ3n) is 4.82. The zero-order valence-corrected chi connectivity index (χ0v) is 17.5. The average molecular weight is 427 g/mol. The van der Waals surface area contributed by atoms with Crippen LogP contribution in [0.1, 0.15) is 18.4 Å². The van der Waals surface area contributed by atoms with Gasteiger partial charge in [-0.15, -0.1) is 0 Å². The first-order chi connectivity index (χ1) is 15.2. The second-order valence-electron chi connectivity index (χ2n) is 6.89. The molecule has 0 unspecified atom stereocenters. The van der Waals surface area contributed by atoms with Crippen LogP contribution in [0.3, 0.4) is 0 Å². The molecule has 0 saturated heterocycles. The Hall–Kier alpha value is -3.76. The molecular formula is C20H25N7O4. The maximum atomic E-state index is 11.9. The van der Waals surface area contributed by atoms with Crippen LogP contribution in [0.5, 0.6) is 11.5 Å². The van der Waals surface area contributed by atoms with E-state index in [4.69, 9.17) is 14.2 Å². The molecule has 0 aliphatic carbocycles. The lowest BCUT2D eigenvalue weighted by molar-refractivity contribution is 0.143. The Kier molecular flexibility index (Phi) is 6.20. The molecule has 1 aliphatic rings. The molecule has 0 saturated carbocycles. The zero-order chi connectivity index (χ0) is 21.6. The fourth-order valence-corrected chi connectivity index (χ4v) is 3.22. The smallest absolute Gasteiger partial charge is 0.407 e. The van der Waals surface area contributed by atoms with Gasteiger partial charge in [-0.05, 0) is 30.5 Å². The molecule has 11 heteroatoms. The van der Waals surface area contributed by atoms with Gasteiger partial charge in [0.05, 0.1) is 12.9 Å². The summed E-state index contributed by atoms with van der Waals surface area (Å²) in [6.07, 6.45) is 2.84. The van der Waals surface area contributed by atoms with Gasteiger partial charge in [0.25, 0.3) is 0 Å². The van der Waals surface area contributed by atoms with E-state index in [0.29, 0.717) is 43.0 Å². The molecule has 4 rings (SSSR count). The van der Waals surface area contributed by atoms with Gasteiger partial charge < -0.3 is 34.7 Å². The van der Waals surface area contributed by atoms with E-state index in [9.17, 15) is 4.79 Å². The second-order valence-corrected chi connectivity index (χ2v) is 6.89. The van der Waals surface area contributed by atoms with Crippen molar-refractivity contribution in [3.8, 4) is 11.5 Å². The molecule has 3 N–H and O–H groups in total. The molecule has 3 aromatic rings. The number of anilines is 2. The first-order valence-electron chi connectivity index (χ1n) is 10.1. The minimum Gasteiger partial charge on any atom is -0.454 e. The lowest BCUT2D eigenvalue weighted by Crippen LogP contribution is -2.24. The first-order valence-corrected chi connectivity index (χ1v) is 10.1. The fourth-order valence-electron chi connectivity index (χ4n) is 3.22. The van der Waals surface area contributed by atoms with Crippen molar-refractivity contribution in [2.45, 2.75) is 25.9 Å². The van der Waals surface area contributed by atoms with Gasteiger partial charge in [0.1, 0.15) is 0 Å². The summed E-state index contributed by atoms with van der Waals surface area (Å²) in [5.74, 6) is 2.61. The van der Waals surface area contributed by atoms with Gasteiger partial charge in [-0.2, -0.15) is 9.97 Å². The highest BCUT2D eigenvalue weighted by atomic mass is 16.7. The van der Waals surface area contributed by atoms with Crippen LogP contribution in [0.4, 0.5) is 16.6 Å². The quantitative estimate of drug-likeness (QED) is 0.441. The molecule has 164 valence electrons. The highest BCUT2D eigenvalue weighted by Gasteiger charge is 2.14. The predicted octanol–water partition coefficient (Wildman–Crippen LogP) is 2.34. The van der Waals surface area contributed by atoms with Gasteiger partial charge in [0.2, 0.25) is 12.7 Å². The van der Waals surface area contributed by atoms with Crippen LogP contribution in [0.15, 0.2) is 24.5 Å². The number of carbonyl (C=O) groups is 1. The number of benzene rings is 1. The van der Waals surface area contributed by atoms with E-state index in [0.717, 1.165) is 29.6 Å². The van der Waals surface area contributed by atoms with E-state index in [1.54, 1.807) is 20.4 Å². The van der Waals surface area contributed by atoms with Crippen molar-refractivity contribution < 1.29 is 19.0 Å². The Bertz CT molecular complexity index is 1070. The van der Waals surface area contributed by atoms with Crippen LogP contribution >= 0.6 is 0 Å². The Morgan fingerprint density at radius 2 is 2.03 bits per heavy atom. The standard InChI is InChI=1S/C20H25N7O4/c1-21-17-16-18(26-19(22-2)25-17)27(11-24-16)7-3-4-8-29-20(28)23-10-13-5-6-14-15(9-13)31-12-30-14/h5-6,9,11H,3-4,7-8,10,12H2,1-2H3,(H,23,28)(H2,21,22,25,26). The molecule has 0 bridgehead atoms. The topological polar surface area (TPSA) is 124 Å². The number of carbonyl (C=O) groups excluding carboxylic acids is 1. The summed E-state index contributed by atoms with van der Waals surface area (Å²) in [5, 5.41) is 8.73. The summed E-state index contributed by atoms with van der Waals surface area (Å²) >= 11 is 0. The number of ether oxygens (including phenoxy) is 3. The van der Waals surface area contributed by atoms with Crippen molar-refractivity contribution in [1.29, 1.82) is 0 Å². The Balaban J connectivity index is 1.20. The number of aromatic nitrogens is 4. The van der Waals surface area contributed by atoms with Crippen molar-refractivity contribution in [2.24, 2.45) is 0 Å². The van der Waals surface area contributed by atoms with Crippen molar-refractivity contribution >= 4 is 29.0 Å². The summed E-state index contributed by atoms with van der Waals surface area (Å²) in [4.78, 5) is 25.2. The number of nitrogens with zero attached hydrogens (tertiary/aromatic N) is 4. The van der Waals surface area contributed by atoms with Crippen LogP contribution in [0.25, 0.3) is 11.2 Å². The summed E-state index contributed by atoms with van der Waals surface area (Å²) < 4.78 is 17.8. The van der Waals surface area contributed by atoms with Crippen molar-refractivity contribution in [3.05, 3.63) is 30.1 Å². The van der Waals surface area contributed by atoms with Crippen molar-refractivity contribution in [2.75, 3.05) is 38.1 Å². The van der Waals surface area contributed by atoms with Crippen molar-refractivity contribution in [3.63, 3.8) is 0 Å². The van der Waals surface area contributed by atoms with Crippen molar-refractivity contribution in [1.82, 2.24) is 24.8 Å². The Morgan fingerprint density at radius 1 is 1.16 bits per heavy atom. The lowest BCUT2D eigenvalue weighted by Gasteiger charge is -2.09. The predicted molar refractivity (Wildman–Crippen MR) is 114 cm³/mol. The van der Waals surface area contributed by atoms with Gasteiger partial charge in [0, 0.05) is 27.2 Å². The van der Waals surface area contributed by atoms with Gasteiger partial charge in [0.15, 0.2) is 28.5 Å². The largest absolute Gasteiger partial charge is 0.454 e. The number of amides is 1. The number of alkyl carbamates (subject to hydrolysis) is 1.